The molecular formula is C23H23N3O2S2. The molecule has 0 fully saturated rings. The molecule has 1 atom stereocenters. The Morgan fingerprint density at radius 2 is 2.00 bits per heavy atom. The van der Waals surface area contributed by atoms with Gasteiger partial charge in [-0.2, -0.15) is 0 Å². The Bertz CT molecular complexity index is 1220. The van der Waals surface area contributed by atoms with Crippen molar-refractivity contribution in [1.82, 2.24) is 14.9 Å². The van der Waals surface area contributed by atoms with Crippen LogP contribution in [0.4, 0.5) is 0 Å². The van der Waals surface area contributed by atoms with E-state index in [0.717, 1.165) is 23.3 Å². The maximum Gasteiger partial charge on any atom is 0.263 e. The fourth-order valence-electron chi connectivity index (χ4n) is 3.42. The van der Waals surface area contributed by atoms with Gasteiger partial charge in [0.1, 0.15) is 11.4 Å². The van der Waals surface area contributed by atoms with E-state index in [9.17, 15) is 9.59 Å². The van der Waals surface area contributed by atoms with Crippen molar-refractivity contribution < 1.29 is 4.79 Å². The first-order valence-corrected chi connectivity index (χ1v) is 11.6. The van der Waals surface area contributed by atoms with Crippen LogP contribution in [0.1, 0.15) is 23.8 Å². The number of thiophene rings is 2. The zero-order chi connectivity index (χ0) is 21.1. The fourth-order valence-corrected chi connectivity index (χ4v) is 5.28. The molecule has 5 nitrogen and oxygen atoms in total. The molecule has 1 N–H and O–H groups in total. The summed E-state index contributed by atoms with van der Waals surface area (Å²) >= 11 is 3.11. The number of nitrogens with one attached hydrogen (secondary N) is 1. The Morgan fingerprint density at radius 1 is 1.20 bits per heavy atom. The van der Waals surface area contributed by atoms with Crippen LogP contribution in [0.5, 0.6) is 0 Å². The van der Waals surface area contributed by atoms with Gasteiger partial charge in [-0.05, 0) is 44.4 Å². The lowest BCUT2D eigenvalue weighted by Crippen LogP contribution is -2.37. The van der Waals surface area contributed by atoms with Crippen LogP contribution in [0.25, 0.3) is 20.7 Å². The average molecular weight is 438 g/mol. The van der Waals surface area contributed by atoms with Crippen LogP contribution in [0, 0.1) is 6.92 Å². The van der Waals surface area contributed by atoms with Crippen LogP contribution in [-0.4, -0.2) is 21.5 Å². The summed E-state index contributed by atoms with van der Waals surface area (Å²) in [7, 11) is 0. The van der Waals surface area contributed by atoms with E-state index in [0.29, 0.717) is 10.2 Å². The molecule has 30 heavy (non-hydrogen) atoms. The van der Waals surface area contributed by atoms with E-state index < -0.39 is 0 Å². The maximum absolute atomic E-state index is 13.1. The quantitative estimate of drug-likeness (QED) is 0.458. The largest absolute Gasteiger partial charge is 0.352 e. The first kappa shape index (κ1) is 20.5. The van der Waals surface area contributed by atoms with Gasteiger partial charge in [0.05, 0.1) is 11.7 Å². The number of fused-ring (bicyclic) bond motifs is 1. The molecule has 0 spiro atoms. The number of amides is 1. The molecule has 1 amide bonds. The molecular weight excluding hydrogens is 414 g/mol. The number of aryl methyl sites for hydroxylation is 2. The Balaban J connectivity index is 1.46. The van der Waals surface area contributed by atoms with E-state index in [1.807, 2.05) is 49.6 Å². The maximum atomic E-state index is 13.1. The van der Waals surface area contributed by atoms with Gasteiger partial charge >= 0.3 is 0 Å². The van der Waals surface area contributed by atoms with Crippen molar-refractivity contribution in [2.24, 2.45) is 0 Å². The lowest BCUT2D eigenvalue weighted by molar-refractivity contribution is -0.122. The van der Waals surface area contributed by atoms with Crippen molar-refractivity contribution in [3.8, 4) is 10.4 Å². The number of carbonyl (C=O) groups excluding carboxylic acids is 1. The molecule has 154 valence electrons. The molecule has 3 aromatic heterocycles. The van der Waals surface area contributed by atoms with Gasteiger partial charge in [0.15, 0.2) is 0 Å². The third kappa shape index (κ3) is 4.52. The van der Waals surface area contributed by atoms with Gasteiger partial charge in [-0.1, -0.05) is 30.3 Å². The third-order valence-electron chi connectivity index (χ3n) is 5.00. The highest BCUT2D eigenvalue weighted by molar-refractivity contribution is 7.19. The van der Waals surface area contributed by atoms with Gasteiger partial charge in [0.2, 0.25) is 5.91 Å². The van der Waals surface area contributed by atoms with Crippen LogP contribution in [0.2, 0.25) is 0 Å². The van der Waals surface area contributed by atoms with E-state index >= 15 is 0 Å². The summed E-state index contributed by atoms with van der Waals surface area (Å²) in [5, 5.41) is 5.56. The van der Waals surface area contributed by atoms with Gasteiger partial charge in [0.25, 0.3) is 5.56 Å². The van der Waals surface area contributed by atoms with Gasteiger partial charge in [-0.25, -0.2) is 4.98 Å². The summed E-state index contributed by atoms with van der Waals surface area (Å²) in [6, 6.07) is 14.3. The molecule has 0 saturated heterocycles. The molecule has 0 unspecified atom stereocenters. The highest BCUT2D eigenvalue weighted by atomic mass is 32.1. The molecule has 4 aromatic rings. The normalized spacial score (nSPS) is 12.2. The molecule has 0 saturated carbocycles. The number of rotatable bonds is 7. The zero-order valence-electron chi connectivity index (χ0n) is 16.9. The molecule has 7 heteroatoms. The third-order valence-corrected chi connectivity index (χ3v) is 6.92. The van der Waals surface area contributed by atoms with Crippen molar-refractivity contribution in [1.29, 1.82) is 0 Å². The van der Waals surface area contributed by atoms with E-state index in [-0.39, 0.29) is 24.1 Å². The minimum absolute atomic E-state index is 0.0240. The molecule has 0 radical (unpaired) electrons. The van der Waals surface area contributed by atoms with Crippen molar-refractivity contribution in [3.05, 3.63) is 75.0 Å². The van der Waals surface area contributed by atoms with E-state index in [2.05, 4.69) is 22.4 Å². The second-order valence-electron chi connectivity index (χ2n) is 7.41. The van der Waals surface area contributed by atoms with Crippen molar-refractivity contribution in [2.45, 2.75) is 39.3 Å². The standard InChI is InChI=1S/C23H23N3O2S2/c1-15(8-10-17-6-4-3-5-7-17)25-20(27)12-26-14-24-22-21(23(26)28)18(13-29-22)19-11-9-16(2)30-19/h3-7,9,11,13-15H,8,10,12H2,1-2H3,(H,25,27)/t15-/m0/s1. The molecule has 0 aliphatic carbocycles. The van der Waals surface area contributed by atoms with Crippen molar-refractivity contribution >= 4 is 38.8 Å². The van der Waals surface area contributed by atoms with Gasteiger partial charge in [0, 0.05) is 26.7 Å². The first-order valence-electron chi connectivity index (χ1n) is 9.88. The molecule has 0 aliphatic heterocycles. The smallest absolute Gasteiger partial charge is 0.263 e. The van der Waals surface area contributed by atoms with Crippen LogP contribution in [-0.2, 0) is 17.8 Å². The Hall–Kier alpha value is -2.77. The summed E-state index contributed by atoms with van der Waals surface area (Å²) in [5.74, 6) is -0.178. The summed E-state index contributed by atoms with van der Waals surface area (Å²) in [4.78, 5) is 33.0. The van der Waals surface area contributed by atoms with Crippen molar-refractivity contribution in [3.63, 3.8) is 0 Å². The number of nitrogens with zero attached hydrogens (tertiary/aromatic N) is 2. The highest BCUT2D eigenvalue weighted by Gasteiger charge is 2.16. The Kier molecular flexibility index (Phi) is 6.11. The van der Waals surface area contributed by atoms with Gasteiger partial charge in [-0.3, -0.25) is 14.2 Å². The minimum Gasteiger partial charge on any atom is -0.352 e. The predicted octanol–water partition coefficient (Wildman–Crippen LogP) is 4.63. The molecule has 0 bridgehead atoms. The van der Waals surface area contributed by atoms with Crippen LogP contribution < -0.4 is 10.9 Å². The minimum atomic E-state index is -0.178. The number of carbonyl (C=O) groups is 1. The monoisotopic (exact) mass is 437 g/mol. The average Bonchev–Trinajstić information content (AvgIpc) is 3.35. The molecule has 1 aromatic carbocycles. The second kappa shape index (κ2) is 8.93. The summed E-state index contributed by atoms with van der Waals surface area (Å²) in [5.41, 5.74) is 1.98. The predicted molar refractivity (Wildman–Crippen MR) is 124 cm³/mol. The Morgan fingerprint density at radius 3 is 2.73 bits per heavy atom. The topological polar surface area (TPSA) is 64.0 Å². The Labute approximate surface area is 183 Å². The van der Waals surface area contributed by atoms with Crippen molar-refractivity contribution in [2.75, 3.05) is 0 Å². The SMILES string of the molecule is Cc1ccc(-c2csc3ncn(CC(=O)N[C@@H](C)CCc4ccccc4)c(=O)c23)s1. The van der Waals surface area contributed by atoms with Crippen LogP contribution >= 0.6 is 22.7 Å². The number of benzene rings is 1. The zero-order valence-corrected chi connectivity index (χ0v) is 18.6. The highest BCUT2D eigenvalue weighted by Crippen LogP contribution is 2.34. The lowest BCUT2D eigenvalue weighted by Gasteiger charge is -2.14. The van der Waals surface area contributed by atoms with Crippen LogP contribution in [0.3, 0.4) is 0 Å². The first-order chi connectivity index (χ1) is 14.5. The lowest BCUT2D eigenvalue weighted by atomic mass is 10.1. The number of aromatic nitrogens is 2. The van der Waals surface area contributed by atoms with E-state index in [1.54, 1.807) is 11.3 Å². The molecule has 4 rings (SSSR count). The van der Waals surface area contributed by atoms with E-state index in [1.165, 1.54) is 32.7 Å². The summed E-state index contributed by atoms with van der Waals surface area (Å²) in [6.45, 7) is 4.00. The summed E-state index contributed by atoms with van der Waals surface area (Å²) in [6.07, 6.45) is 3.21. The molecule has 3 heterocycles. The number of hydrogen-bond donors (Lipinski definition) is 1. The van der Waals surface area contributed by atoms with Gasteiger partial charge < -0.3 is 5.32 Å². The second-order valence-corrected chi connectivity index (χ2v) is 9.56. The molecule has 0 aliphatic rings. The van der Waals surface area contributed by atoms with E-state index in [4.69, 9.17) is 0 Å². The van der Waals surface area contributed by atoms with Gasteiger partial charge in [-0.15, -0.1) is 22.7 Å². The fraction of sp³-hybridized carbons (Fsp3) is 0.261. The number of hydrogen-bond acceptors (Lipinski definition) is 5. The van der Waals surface area contributed by atoms with Crippen LogP contribution in [0.15, 0.2) is 59.0 Å². The summed E-state index contributed by atoms with van der Waals surface area (Å²) < 4.78 is 1.40.